The van der Waals surface area contributed by atoms with Gasteiger partial charge in [0.25, 0.3) is 5.56 Å². The number of rotatable bonds is 6. The first-order valence-electron chi connectivity index (χ1n) is 7.21. The zero-order valence-electron chi connectivity index (χ0n) is 12.3. The van der Waals surface area contributed by atoms with Crippen LogP contribution in [-0.4, -0.2) is 21.6 Å². The Hall–Kier alpha value is -2.60. The van der Waals surface area contributed by atoms with E-state index in [0.717, 1.165) is 10.4 Å². The largest absolute Gasteiger partial charge is 0.494 e. The van der Waals surface area contributed by atoms with E-state index in [1.54, 1.807) is 16.1 Å². The number of benzene rings is 2. The number of aliphatic carboxylic acids is 1. The molecule has 23 heavy (non-hydrogen) atoms. The van der Waals surface area contributed by atoms with E-state index in [-0.39, 0.29) is 12.0 Å². The summed E-state index contributed by atoms with van der Waals surface area (Å²) in [6, 6.07) is 14.7. The number of carbonyl (C=O) groups is 1. The lowest BCUT2D eigenvalue weighted by Crippen LogP contribution is -2.10. The maximum Gasteiger partial charge on any atom is 0.303 e. The van der Waals surface area contributed by atoms with Crippen molar-refractivity contribution in [2.45, 2.75) is 12.8 Å². The summed E-state index contributed by atoms with van der Waals surface area (Å²) >= 11 is 1.41. The van der Waals surface area contributed by atoms with E-state index in [4.69, 9.17) is 9.84 Å². The van der Waals surface area contributed by atoms with Crippen molar-refractivity contribution < 1.29 is 14.6 Å². The molecule has 1 aromatic heterocycles. The molecule has 118 valence electrons. The molecule has 0 amide bonds. The standard InChI is InChI=1S/C17H15NO4S/c19-16(20)6-3-11-22-13-9-7-12(8-10-13)18-17(21)14-4-1-2-5-15(14)23-18/h1-2,4-5,7-10H,3,6,11H2,(H,19,20). The molecule has 5 nitrogen and oxygen atoms in total. The van der Waals surface area contributed by atoms with Gasteiger partial charge in [-0.3, -0.25) is 9.59 Å². The van der Waals surface area contributed by atoms with E-state index in [1.807, 2.05) is 36.4 Å². The van der Waals surface area contributed by atoms with Crippen molar-refractivity contribution in [3.8, 4) is 11.4 Å². The van der Waals surface area contributed by atoms with Gasteiger partial charge < -0.3 is 9.84 Å². The predicted molar refractivity (Wildman–Crippen MR) is 89.8 cm³/mol. The van der Waals surface area contributed by atoms with Crippen molar-refractivity contribution in [3.63, 3.8) is 0 Å². The van der Waals surface area contributed by atoms with Crippen LogP contribution in [0.25, 0.3) is 15.8 Å². The number of fused-ring (bicyclic) bond motifs is 1. The maximum atomic E-state index is 12.4. The summed E-state index contributed by atoms with van der Waals surface area (Å²) in [6.07, 6.45) is 0.558. The van der Waals surface area contributed by atoms with Crippen LogP contribution in [0.15, 0.2) is 53.3 Å². The summed E-state index contributed by atoms with van der Waals surface area (Å²) in [5.74, 6) is -0.165. The SMILES string of the molecule is O=C(O)CCCOc1ccc(-n2sc3ccccc3c2=O)cc1. The Labute approximate surface area is 136 Å². The minimum Gasteiger partial charge on any atom is -0.494 e. The molecular weight excluding hydrogens is 314 g/mol. The van der Waals surface area contributed by atoms with Crippen LogP contribution < -0.4 is 10.3 Å². The lowest BCUT2D eigenvalue weighted by molar-refractivity contribution is -0.137. The molecule has 0 saturated heterocycles. The fourth-order valence-corrected chi connectivity index (χ4v) is 3.23. The number of nitrogens with zero attached hydrogens (tertiary/aromatic N) is 1. The molecule has 6 heteroatoms. The minimum absolute atomic E-state index is 0.0271. The van der Waals surface area contributed by atoms with Crippen molar-refractivity contribution in [1.82, 2.24) is 3.96 Å². The van der Waals surface area contributed by atoms with Crippen LogP contribution in [0.5, 0.6) is 5.75 Å². The highest BCUT2D eigenvalue weighted by molar-refractivity contribution is 7.14. The smallest absolute Gasteiger partial charge is 0.303 e. The Balaban J connectivity index is 1.75. The molecule has 0 aliphatic rings. The first-order valence-corrected chi connectivity index (χ1v) is 7.98. The molecule has 0 aliphatic heterocycles. The molecule has 0 spiro atoms. The van der Waals surface area contributed by atoms with Crippen LogP contribution in [0, 0.1) is 0 Å². The van der Waals surface area contributed by atoms with Gasteiger partial charge in [-0.15, -0.1) is 0 Å². The molecule has 1 N–H and O–H groups in total. The van der Waals surface area contributed by atoms with Gasteiger partial charge in [-0.25, -0.2) is 3.96 Å². The third-order valence-electron chi connectivity index (χ3n) is 3.37. The monoisotopic (exact) mass is 329 g/mol. The van der Waals surface area contributed by atoms with E-state index in [2.05, 4.69) is 0 Å². The average molecular weight is 329 g/mol. The van der Waals surface area contributed by atoms with Gasteiger partial charge in [0, 0.05) is 6.42 Å². The Morgan fingerprint density at radius 2 is 1.87 bits per heavy atom. The Kier molecular flexibility index (Phi) is 4.43. The van der Waals surface area contributed by atoms with Crippen LogP contribution in [0.3, 0.4) is 0 Å². The minimum atomic E-state index is -0.826. The number of aromatic nitrogens is 1. The van der Waals surface area contributed by atoms with Gasteiger partial charge in [-0.1, -0.05) is 23.7 Å². The van der Waals surface area contributed by atoms with Crippen LogP contribution in [0.4, 0.5) is 0 Å². The molecule has 0 bridgehead atoms. The van der Waals surface area contributed by atoms with Crippen molar-refractivity contribution in [1.29, 1.82) is 0 Å². The van der Waals surface area contributed by atoms with E-state index < -0.39 is 5.97 Å². The van der Waals surface area contributed by atoms with E-state index in [0.29, 0.717) is 24.2 Å². The Morgan fingerprint density at radius 1 is 1.13 bits per heavy atom. The molecule has 0 unspecified atom stereocenters. The lowest BCUT2D eigenvalue weighted by atomic mass is 10.2. The summed E-state index contributed by atoms with van der Waals surface area (Å²) < 4.78 is 8.09. The van der Waals surface area contributed by atoms with Gasteiger partial charge in [0.2, 0.25) is 0 Å². The molecule has 2 aromatic carbocycles. The Bertz CT molecular complexity index is 879. The number of hydrogen-bond acceptors (Lipinski definition) is 4. The van der Waals surface area contributed by atoms with Gasteiger partial charge in [0.05, 0.1) is 22.4 Å². The first kappa shape index (κ1) is 15.3. The van der Waals surface area contributed by atoms with Crippen LogP contribution >= 0.6 is 11.5 Å². The quantitative estimate of drug-likeness (QED) is 0.705. The first-order chi connectivity index (χ1) is 11.1. The van der Waals surface area contributed by atoms with E-state index in [1.165, 1.54) is 11.5 Å². The summed E-state index contributed by atoms with van der Waals surface area (Å²) in [5, 5.41) is 9.29. The molecule has 3 rings (SSSR count). The molecule has 0 fully saturated rings. The summed E-state index contributed by atoms with van der Waals surface area (Å²) in [5.41, 5.74) is 0.759. The van der Waals surface area contributed by atoms with Crippen LogP contribution in [-0.2, 0) is 4.79 Å². The van der Waals surface area contributed by atoms with Gasteiger partial charge in [0.15, 0.2) is 0 Å². The molecule has 0 saturated carbocycles. The summed E-state index contributed by atoms with van der Waals surface area (Å²) in [6.45, 7) is 0.356. The molecule has 0 atom stereocenters. The number of hydrogen-bond donors (Lipinski definition) is 1. The molecule has 3 aromatic rings. The summed E-state index contributed by atoms with van der Waals surface area (Å²) in [7, 11) is 0. The lowest BCUT2D eigenvalue weighted by Gasteiger charge is -2.06. The molecule has 0 radical (unpaired) electrons. The highest BCUT2D eigenvalue weighted by Gasteiger charge is 2.08. The zero-order valence-corrected chi connectivity index (χ0v) is 13.1. The summed E-state index contributed by atoms with van der Waals surface area (Å²) in [4.78, 5) is 22.8. The maximum absolute atomic E-state index is 12.4. The normalized spacial score (nSPS) is 10.8. The third-order valence-corrected chi connectivity index (χ3v) is 4.48. The van der Waals surface area contributed by atoms with Crippen LogP contribution in [0.2, 0.25) is 0 Å². The second-order valence-corrected chi connectivity index (χ2v) is 6.01. The second-order valence-electron chi connectivity index (χ2n) is 5.03. The van der Waals surface area contributed by atoms with Crippen molar-refractivity contribution in [2.24, 2.45) is 0 Å². The number of carboxylic acid groups (broad SMARTS) is 1. The highest BCUT2D eigenvalue weighted by atomic mass is 32.1. The third kappa shape index (κ3) is 3.43. The molecule has 0 aliphatic carbocycles. The number of ether oxygens (including phenoxy) is 1. The zero-order chi connectivity index (χ0) is 16.2. The number of carboxylic acids is 1. The molecule has 1 heterocycles. The Morgan fingerprint density at radius 3 is 2.57 bits per heavy atom. The van der Waals surface area contributed by atoms with Gasteiger partial charge in [-0.05, 0) is 42.8 Å². The predicted octanol–water partition coefficient (Wildman–Crippen LogP) is 3.30. The highest BCUT2D eigenvalue weighted by Crippen LogP contribution is 2.21. The van der Waals surface area contributed by atoms with Gasteiger partial charge in [0.1, 0.15) is 5.75 Å². The van der Waals surface area contributed by atoms with Crippen molar-refractivity contribution in [3.05, 3.63) is 58.9 Å². The van der Waals surface area contributed by atoms with E-state index in [9.17, 15) is 9.59 Å². The average Bonchev–Trinajstić information content (AvgIpc) is 2.89. The fraction of sp³-hybridized carbons (Fsp3) is 0.176. The molecular formula is C17H15NO4S. The van der Waals surface area contributed by atoms with Gasteiger partial charge >= 0.3 is 5.97 Å². The second kappa shape index (κ2) is 6.66. The topological polar surface area (TPSA) is 68.5 Å². The van der Waals surface area contributed by atoms with Crippen LogP contribution in [0.1, 0.15) is 12.8 Å². The van der Waals surface area contributed by atoms with Crippen molar-refractivity contribution >= 4 is 27.6 Å². The van der Waals surface area contributed by atoms with E-state index >= 15 is 0 Å². The van der Waals surface area contributed by atoms with Gasteiger partial charge in [-0.2, -0.15) is 0 Å². The van der Waals surface area contributed by atoms with Crippen molar-refractivity contribution in [2.75, 3.05) is 6.61 Å². The fourth-order valence-electron chi connectivity index (χ4n) is 2.23.